The molecule has 10 rings (SSSR count). The second-order valence-corrected chi connectivity index (χ2v) is 12.5. The van der Waals surface area contributed by atoms with E-state index >= 15 is 0 Å². The maximum Gasteiger partial charge on any atom is 0.136 e. The minimum absolute atomic E-state index is 0.874. The van der Waals surface area contributed by atoms with Gasteiger partial charge < -0.3 is 13.9 Å². The molecule has 0 saturated heterocycles. The van der Waals surface area contributed by atoms with E-state index in [0.29, 0.717) is 0 Å². The summed E-state index contributed by atoms with van der Waals surface area (Å²) in [4.78, 5) is 2.30. The van der Waals surface area contributed by atoms with Crippen molar-refractivity contribution in [3.05, 3.63) is 182 Å². The predicted molar refractivity (Wildman–Crippen MR) is 206 cm³/mol. The quantitative estimate of drug-likeness (QED) is 0.190. The summed E-state index contributed by atoms with van der Waals surface area (Å²) in [6.07, 6.45) is 0. The summed E-state index contributed by atoms with van der Waals surface area (Å²) in [5.74, 6) is 0. The second kappa shape index (κ2) is 11.0. The smallest absolute Gasteiger partial charge is 0.136 e. The van der Waals surface area contributed by atoms with E-state index in [1.165, 1.54) is 38.1 Å². The van der Waals surface area contributed by atoms with Gasteiger partial charge in [-0.25, -0.2) is 0 Å². The second-order valence-electron chi connectivity index (χ2n) is 12.5. The number of anilines is 3. The highest BCUT2D eigenvalue weighted by Crippen LogP contribution is 2.45. The lowest BCUT2D eigenvalue weighted by molar-refractivity contribution is 0.669. The van der Waals surface area contributed by atoms with E-state index in [1.54, 1.807) is 0 Å². The molecule has 49 heavy (non-hydrogen) atoms. The van der Waals surface area contributed by atoms with Gasteiger partial charge in [0.25, 0.3) is 0 Å². The molecule has 0 radical (unpaired) electrons. The van der Waals surface area contributed by atoms with Gasteiger partial charge in [0.2, 0.25) is 0 Å². The van der Waals surface area contributed by atoms with Gasteiger partial charge in [0.05, 0.1) is 11.0 Å². The Morgan fingerprint density at radius 1 is 0.388 bits per heavy atom. The van der Waals surface area contributed by atoms with Gasteiger partial charge in [-0.15, -0.1) is 0 Å². The number of benzene rings is 8. The molecule has 0 fully saturated rings. The van der Waals surface area contributed by atoms with Gasteiger partial charge in [-0.3, -0.25) is 0 Å². The summed E-state index contributed by atoms with van der Waals surface area (Å²) >= 11 is 0. The van der Waals surface area contributed by atoms with Crippen LogP contribution in [0.1, 0.15) is 0 Å². The molecule has 3 heteroatoms. The van der Waals surface area contributed by atoms with E-state index in [1.807, 2.05) is 0 Å². The Balaban J connectivity index is 1.25. The number of furan rings is 1. The Hall–Kier alpha value is -6.58. The first-order valence-electron chi connectivity index (χ1n) is 16.7. The van der Waals surface area contributed by atoms with Crippen molar-refractivity contribution in [3.63, 3.8) is 0 Å². The molecule has 0 spiro atoms. The molecular weight excluding hydrogens is 597 g/mol. The summed E-state index contributed by atoms with van der Waals surface area (Å²) in [7, 11) is 0. The number of nitrogens with zero attached hydrogens (tertiary/aromatic N) is 2. The zero-order chi connectivity index (χ0) is 32.3. The van der Waals surface area contributed by atoms with Crippen LogP contribution in [0, 0.1) is 0 Å². The van der Waals surface area contributed by atoms with E-state index in [0.717, 1.165) is 50.3 Å². The maximum atomic E-state index is 6.73. The molecule has 0 aliphatic heterocycles. The number of hydrogen-bond donors (Lipinski definition) is 0. The maximum absolute atomic E-state index is 6.73. The number of hydrogen-bond acceptors (Lipinski definition) is 2. The third kappa shape index (κ3) is 4.29. The summed E-state index contributed by atoms with van der Waals surface area (Å²) < 4.78 is 9.14. The van der Waals surface area contributed by atoms with E-state index in [9.17, 15) is 0 Å². The minimum Gasteiger partial charge on any atom is -0.456 e. The summed E-state index contributed by atoms with van der Waals surface area (Å²) in [5.41, 5.74) is 10.9. The Kier molecular flexibility index (Phi) is 6.18. The zero-order valence-corrected chi connectivity index (χ0v) is 26.6. The van der Waals surface area contributed by atoms with E-state index in [4.69, 9.17) is 4.42 Å². The number of para-hydroxylation sites is 5. The Morgan fingerprint density at radius 3 is 1.73 bits per heavy atom. The first-order valence-corrected chi connectivity index (χ1v) is 16.7. The highest BCUT2D eigenvalue weighted by Gasteiger charge is 2.21. The average Bonchev–Trinajstić information content (AvgIpc) is 3.72. The van der Waals surface area contributed by atoms with Gasteiger partial charge in [-0.2, -0.15) is 0 Å². The number of aromatic nitrogens is 1. The lowest BCUT2D eigenvalue weighted by atomic mass is 9.93. The Labute approximate surface area is 283 Å². The van der Waals surface area contributed by atoms with Gasteiger partial charge in [0, 0.05) is 49.9 Å². The van der Waals surface area contributed by atoms with Crippen molar-refractivity contribution in [2.75, 3.05) is 4.90 Å². The Morgan fingerprint density at radius 2 is 1.00 bits per heavy atom. The lowest BCUT2D eigenvalue weighted by Gasteiger charge is -2.25. The van der Waals surface area contributed by atoms with Crippen molar-refractivity contribution in [1.82, 2.24) is 4.57 Å². The largest absolute Gasteiger partial charge is 0.456 e. The molecule has 0 unspecified atom stereocenters. The number of fused-ring (bicyclic) bond motifs is 8. The van der Waals surface area contributed by atoms with Gasteiger partial charge in [-0.05, 0) is 83.1 Å². The molecule has 2 heterocycles. The van der Waals surface area contributed by atoms with Gasteiger partial charge >= 0.3 is 0 Å². The van der Waals surface area contributed by atoms with Crippen LogP contribution in [0.5, 0.6) is 0 Å². The lowest BCUT2D eigenvalue weighted by Crippen LogP contribution is -2.09. The Bertz CT molecular complexity index is 2770. The van der Waals surface area contributed by atoms with Crippen molar-refractivity contribution >= 4 is 71.6 Å². The average molecular weight is 627 g/mol. The molecule has 0 aliphatic carbocycles. The van der Waals surface area contributed by atoms with Crippen molar-refractivity contribution in [2.45, 2.75) is 0 Å². The van der Waals surface area contributed by atoms with Crippen LogP contribution in [0.2, 0.25) is 0 Å². The minimum atomic E-state index is 0.874. The molecule has 8 aromatic carbocycles. The molecule has 2 aromatic heterocycles. The monoisotopic (exact) mass is 626 g/mol. The van der Waals surface area contributed by atoms with Gasteiger partial charge in [0.1, 0.15) is 11.2 Å². The molecule has 0 atom stereocenters. The van der Waals surface area contributed by atoms with Crippen LogP contribution in [0.4, 0.5) is 17.1 Å². The summed E-state index contributed by atoms with van der Waals surface area (Å²) in [6, 6.07) is 64.7. The fraction of sp³-hybridized carbons (Fsp3) is 0. The van der Waals surface area contributed by atoms with Crippen LogP contribution in [0.3, 0.4) is 0 Å². The van der Waals surface area contributed by atoms with Crippen LogP contribution in [0.25, 0.3) is 71.3 Å². The highest BCUT2D eigenvalue weighted by atomic mass is 16.3. The van der Waals surface area contributed by atoms with Crippen LogP contribution in [-0.2, 0) is 0 Å². The first kappa shape index (κ1) is 27.5. The zero-order valence-electron chi connectivity index (χ0n) is 26.6. The van der Waals surface area contributed by atoms with Crippen LogP contribution in [-0.4, -0.2) is 4.57 Å². The van der Waals surface area contributed by atoms with Crippen molar-refractivity contribution < 1.29 is 4.42 Å². The van der Waals surface area contributed by atoms with Crippen molar-refractivity contribution in [3.8, 4) is 16.8 Å². The fourth-order valence-corrected chi connectivity index (χ4v) is 7.67. The third-order valence-corrected chi connectivity index (χ3v) is 9.75. The predicted octanol–water partition coefficient (Wildman–Crippen LogP) is 13.0. The molecule has 0 saturated carbocycles. The molecule has 0 bridgehead atoms. The van der Waals surface area contributed by atoms with Crippen molar-refractivity contribution in [2.24, 2.45) is 0 Å². The fourth-order valence-electron chi connectivity index (χ4n) is 7.67. The molecule has 0 amide bonds. The van der Waals surface area contributed by atoms with Gasteiger partial charge in [-0.1, -0.05) is 115 Å². The van der Waals surface area contributed by atoms with Crippen molar-refractivity contribution in [1.29, 1.82) is 0 Å². The topological polar surface area (TPSA) is 21.3 Å². The molecule has 0 aliphatic rings. The van der Waals surface area contributed by atoms with E-state index in [2.05, 4.69) is 191 Å². The highest BCUT2D eigenvalue weighted by molar-refractivity contribution is 6.24. The molecule has 10 aromatic rings. The SMILES string of the molecule is c1ccc(N(c2ccccc2)c2ccc3oc4cc(-c5cccc6c7ccccc7n(-c7ccccc7)c56)c5ccccc5c4c3c2)cc1. The standard InChI is InChI=1S/C46H30N2O/c1-4-15-31(16-5-1)47(32-17-6-2-7-18-32)34-27-28-43-41(29-34)45-37-23-11-10-21-35(37)40(30-44(45)49-43)39-25-14-24-38-36-22-12-13-26-42(36)48(46(38)39)33-19-8-3-9-20-33/h1-30H. The van der Waals surface area contributed by atoms with Crippen LogP contribution < -0.4 is 4.90 Å². The van der Waals surface area contributed by atoms with E-state index in [-0.39, 0.29) is 0 Å². The molecule has 230 valence electrons. The van der Waals surface area contributed by atoms with Gasteiger partial charge in [0.15, 0.2) is 0 Å². The number of rotatable bonds is 5. The first-order chi connectivity index (χ1) is 24.3. The molecule has 3 nitrogen and oxygen atoms in total. The van der Waals surface area contributed by atoms with Crippen LogP contribution in [0.15, 0.2) is 186 Å². The molecule has 0 N–H and O–H groups in total. The summed E-state index contributed by atoms with van der Waals surface area (Å²) in [6.45, 7) is 0. The molecular formula is C46H30N2O. The summed E-state index contributed by atoms with van der Waals surface area (Å²) in [5, 5.41) is 7.08. The van der Waals surface area contributed by atoms with E-state index < -0.39 is 0 Å². The normalized spacial score (nSPS) is 11.7. The van der Waals surface area contributed by atoms with Crippen LogP contribution >= 0.6 is 0 Å². The third-order valence-electron chi connectivity index (χ3n) is 9.75.